The number of nitrogen functional groups attached to an aromatic ring is 1. The number of hydrogen-bond donors (Lipinski definition) is 1. The van der Waals surface area contributed by atoms with E-state index in [2.05, 4.69) is 10.2 Å². The Labute approximate surface area is 128 Å². The minimum atomic E-state index is 0.0289. The number of rotatable bonds is 5. The summed E-state index contributed by atoms with van der Waals surface area (Å²) in [5.41, 5.74) is 2.32. The molecule has 1 aromatic carbocycles. The Morgan fingerprint density at radius 2 is 1.95 bits per heavy atom. The van der Waals surface area contributed by atoms with Crippen LogP contribution in [0.25, 0.3) is 0 Å². The molecule has 0 fully saturated rings. The summed E-state index contributed by atoms with van der Waals surface area (Å²) in [6.45, 7) is 4.40. The van der Waals surface area contributed by atoms with Gasteiger partial charge >= 0.3 is 0 Å². The quantitative estimate of drug-likeness (QED) is 0.666. The van der Waals surface area contributed by atoms with Gasteiger partial charge in [-0.05, 0) is 19.4 Å². The third-order valence-corrected chi connectivity index (χ3v) is 4.05. The van der Waals surface area contributed by atoms with E-state index in [1.54, 1.807) is 18.9 Å². The third kappa shape index (κ3) is 3.98. The van der Waals surface area contributed by atoms with Crippen LogP contribution >= 0.6 is 11.8 Å². The van der Waals surface area contributed by atoms with Gasteiger partial charge < -0.3 is 10.7 Å². The van der Waals surface area contributed by atoms with Crippen molar-refractivity contribution < 1.29 is 4.79 Å². The second-order valence-electron chi connectivity index (χ2n) is 4.92. The van der Waals surface area contributed by atoms with Gasteiger partial charge in [0.25, 0.3) is 0 Å². The number of benzene rings is 1. The predicted octanol–water partition coefficient (Wildman–Crippen LogP) is 1.36. The highest BCUT2D eigenvalue weighted by Gasteiger charge is 2.13. The standard InChI is InChI=1S/C14H19N5OS/c1-10-4-6-12(7-5-10)8-18(3)13(20)9-21-14-17-16-11(2)19(14)15/h4-7H,8-9,15H2,1-3H3. The molecule has 0 aliphatic rings. The zero-order chi connectivity index (χ0) is 15.4. The number of thioether (sulfide) groups is 1. The van der Waals surface area contributed by atoms with E-state index in [4.69, 9.17) is 5.84 Å². The molecule has 112 valence electrons. The molecule has 0 atom stereocenters. The highest BCUT2D eigenvalue weighted by molar-refractivity contribution is 7.99. The van der Waals surface area contributed by atoms with Crippen LogP contribution in [0, 0.1) is 13.8 Å². The molecule has 0 saturated heterocycles. The Morgan fingerprint density at radius 1 is 1.29 bits per heavy atom. The van der Waals surface area contributed by atoms with E-state index in [0.29, 0.717) is 17.5 Å². The van der Waals surface area contributed by atoms with E-state index >= 15 is 0 Å². The Bertz CT molecular complexity index is 623. The highest BCUT2D eigenvalue weighted by Crippen LogP contribution is 2.15. The molecule has 1 amide bonds. The number of aryl methyl sites for hydroxylation is 2. The largest absolute Gasteiger partial charge is 0.341 e. The lowest BCUT2D eigenvalue weighted by molar-refractivity contribution is -0.127. The van der Waals surface area contributed by atoms with Gasteiger partial charge in [0, 0.05) is 13.6 Å². The number of aromatic nitrogens is 3. The normalized spacial score (nSPS) is 10.6. The summed E-state index contributed by atoms with van der Waals surface area (Å²) >= 11 is 1.29. The molecule has 0 aliphatic carbocycles. The monoisotopic (exact) mass is 305 g/mol. The molecule has 6 nitrogen and oxygen atoms in total. The molecule has 0 bridgehead atoms. The van der Waals surface area contributed by atoms with E-state index in [-0.39, 0.29) is 11.7 Å². The zero-order valence-electron chi connectivity index (χ0n) is 12.4. The van der Waals surface area contributed by atoms with Gasteiger partial charge in [-0.3, -0.25) is 4.79 Å². The van der Waals surface area contributed by atoms with Crippen molar-refractivity contribution in [3.05, 3.63) is 41.2 Å². The van der Waals surface area contributed by atoms with Crippen molar-refractivity contribution >= 4 is 17.7 Å². The summed E-state index contributed by atoms with van der Waals surface area (Å²) in [6, 6.07) is 8.16. The number of carbonyl (C=O) groups excluding carboxylic acids is 1. The minimum absolute atomic E-state index is 0.0289. The van der Waals surface area contributed by atoms with Crippen molar-refractivity contribution in [3.8, 4) is 0 Å². The lowest BCUT2D eigenvalue weighted by Crippen LogP contribution is -2.28. The zero-order valence-corrected chi connectivity index (χ0v) is 13.2. The molecule has 0 aliphatic heterocycles. The smallest absolute Gasteiger partial charge is 0.233 e. The second-order valence-corrected chi connectivity index (χ2v) is 5.87. The number of carbonyl (C=O) groups is 1. The van der Waals surface area contributed by atoms with E-state index in [1.807, 2.05) is 31.2 Å². The maximum atomic E-state index is 12.1. The van der Waals surface area contributed by atoms with Gasteiger partial charge in [0.2, 0.25) is 11.1 Å². The number of nitrogens with two attached hydrogens (primary N) is 1. The van der Waals surface area contributed by atoms with E-state index < -0.39 is 0 Å². The first kappa shape index (κ1) is 15.4. The summed E-state index contributed by atoms with van der Waals surface area (Å²) in [4.78, 5) is 13.8. The third-order valence-electron chi connectivity index (χ3n) is 3.13. The summed E-state index contributed by atoms with van der Waals surface area (Å²) in [7, 11) is 1.79. The van der Waals surface area contributed by atoms with Crippen molar-refractivity contribution in [1.29, 1.82) is 0 Å². The van der Waals surface area contributed by atoms with E-state index in [1.165, 1.54) is 22.0 Å². The fourth-order valence-corrected chi connectivity index (χ4v) is 2.58. The van der Waals surface area contributed by atoms with Crippen LogP contribution in [0.4, 0.5) is 0 Å². The molecule has 0 radical (unpaired) electrons. The molecule has 1 aromatic heterocycles. The Kier molecular flexibility index (Phi) is 4.85. The average Bonchev–Trinajstić information content (AvgIpc) is 2.78. The lowest BCUT2D eigenvalue weighted by Gasteiger charge is -2.17. The van der Waals surface area contributed by atoms with Crippen LogP contribution in [0.2, 0.25) is 0 Å². The van der Waals surface area contributed by atoms with Crippen molar-refractivity contribution in [2.24, 2.45) is 0 Å². The number of amides is 1. The first-order valence-corrected chi connectivity index (χ1v) is 7.55. The highest BCUT2D eigenvalue weighted by atomic mass is 32.2. The Balaban J connectivity index is 1.88. The fourth-order valence-electron chi connectivity index (χ4n) is 1.74. The number of hydrogen-bond acceptors (Lipinski definition) is 5. The fraction of sp³-hybridized carbons (Fsp3) is 0.357. The lowest BCUT2D eigenvalue weighted by atomic mass is 10.1. The predicted molar refractivity (Wildman–Crippen MR) is 83.3 cm³/mol. The summed E-state index contributed by atoms with van der Waals surface area (Å²) in [6.07, 6.45) is 0. The second kappa shape index (κ2) is 6.62. The van der Waals surface area contributed by atoms with Gasteiger partial charge in [-0.15, -0.1) is 10.2 Å². The molecular weight excluding hydrogens is 286 g/mol. The Morgan fingerprint density at radius 3 is 2.52 bits per heavy atom. The van der Waals surface area contributed by atoms with E-state index in [0.717, 1.165) is 5.56 Å². The van der Waals surface area contributed by atoms with Gasteiger partial charge in [-0.25, -0.2) is 4.68 Å². The van der Waals surface area contributed by atoms with Gasteiger partial charge in [-0.2, -0.15) is 0 Å². The Hall–Kier alpha value is -2.02. The van der Waals surface area contributed by atoms with Crippen LogP contribution in [0.1, 0.15) is 17.0 Å². The van der Waals surface area contributed by atoms with Crippen LogP contribution in [0.3, 0.4) is 0 Å². The average molecular weight is 305 g/mol. The van der Waals surface area contributed by atoms with Crippen molar-refractivity contribution in [2.45, 2.75) is 25.5 Å². The first-order valence-electron chi connectivity index (χ1n) is 6.57. The molecule has 1 heterocycles. The van der Waals surface area contributed by atoms with Crippen molar-refractivity contribution in [1.82, 2.24) is 19.8 Å². The van der Waals surface area contributed by atoms with Crippen LogP contribution < -0.4 is 5.84 Å². The van der Waals surface area contributed by atoms with Crippen LogP contribution in [-0.2, 0) is 11.3 Å². The molecule has 21 heavy (non-hydrogen) atoms. The maximum absolute atomic E-state index is 12.1. The van der Waals surface area contributed by atoms with Gasteiger partial charge in [-0.1, -0.05) is 41.6 Å². The molecule has 2 rings (SSSR count). The summed E-state index contributed by atoms with van der Waals surface area (Å²) < 4.78 is 1.39. The summed E-state index contributed by atoms with van der Waals surface area (Å²) in [5.74, 6) is 6.69. The molecule has 2 N–H and O–H groups in total. The first-order chi connectivity index (χ1) is 9.97. The molecule has 0 spiro atoms. The van der Waals surface area contributed by atoms with Crippen LogP contribution in [0.15, 0.2) is 29.4 Å². The van der Waals surface area contributed by atoms with Gasteiger partial charge in [0.1, 0.15) is 5.82 Å². The summed E-state index contributed by atoms with van der Waals surface area (Å²) in [5, 5.41) is 8.32. The molecular formula is C14H19N5OS. The van der Waals surface area contributed by atoms with Gasteiger partial charge in [0.05, 0.1) is 5.75 Å². The maximum Gasteiger partial charge on any atom is 0.233 e. The number of nitrogens with zero attached hydrogens (tertiary/aromatic N) is 4. The van der Waals surface area contributed by atoms with Crippen molar-refractivity contribution in [2.75, 3.05) is 18.6 Å². The molecule has 0 unspecified atom stereocenters. The topological polar surface area (TPSA) is 77.0 Å². The van der Waals surface area contributed by atoms with E-state index in [9.17, 15) is 4.79 Å². The molecule has 2 aromatic rings. The van der Waals surface area contributed by atoms with Crippen LogP contribution in [-0.4, -0.2) is 38.5 Å². The minimum Gasteiger partial charge on any atom is -0.341 e. The van der Waals surface area contributed by atoms with Gasteiger partial charge in [0.15, 0.2) is 0 Å². The van der Waals surface area contributed by atoms with Crippen molar-refractivity contribution in [3.63, 3.8) is 0 Å². The SMILES string of the molecule is Cc1ccc(CN(C)C(=O)CSc2nnc(C)n2N)cc1. The molecule has 7 heteroatoms. The molecule has 0 saturated carbocycles. The van der Waals surface area contributed by atoms with Crippen LogP contribution in [0.5, 0.6) is 0 Å².